The fourth-order valence-corrected chi connectivity index (χ4v) is 11.6. The summed E-state index contributed by atoms with van der Waals surface area (Å²) in [6.45, 7) is 0. The number of nitrogens with zero attached hydrogens (tertiary/aromatic N) is 6. The molecule has 8 heteroatoms. The quantitative estimate of drug-likeness (QED) is 0.0952. The summed E-state index contributed by atoms with van der Waals surface area (Å²) >= 11 is 0. The van der Waals surface area contributed by atoms with E-state index in [4.69, 9.17) is 19.9 Å². The number of allylic oxidation sites excluding steroid dienone is 4. The molecular weight excluding hydrogens is 1430 g/mol. The van der Waals surface area contributed by atoms with Gasteiger partial charge in [0.1, 0.15) is 0 Å². The number of rotatable bonds is 15. The molecule has 5 heterocycles. The van der Waals surface area contributed by atoms with Crippen molar-refractivity contribution in [3.05, 3.63) is 314 Å². The molecule has 0 bridgehead atoms. The summed E-state index contributed by atoms with van der Waals surface area (Å²) in [5, 5.41) is 0. The first-order valence-electron chi connectivity index (χ1n) is 29.8. The number of hydrogen-bond donors (Lipinski definition) is 0. The van der Waals surface area contributed by atoms with E-state index < -0.39 is 0 Å². The molecule has 2 fully saturated rings. The molecule has 0 saturated heterocycles. The Kier molecular flexibility index (Phi) is 22.5. The van der Waals surface area contributed by atoms with Crippen molar-refractivity contribution in [1.82, 2.24) is 29.9 Å². The van der Waals surface area contributed by atoms with Crippen LogP contribution in [0.2, 0.25) is 0 Å². The first-order valence-corrected chi connectivity index (χ1v) is 29.8. The molecule has 2 aliphatic carbocycles. The van der Waals surface area contributed by atoms with Crippen LogP contribution < -0.4 is 0 Å². The molecule has 13 rings (SSSR count). The predicted octanol–water partition coefficient (Wildman–Crippen LogP) is 19.0. The molecule has 5 aromatic heterocycles. The van der Waals surface area contributed by atoms with Crippen LogP contribution in [0.15, 0.2) is 250 Å². The second kappa shape index (κ2) is 31.8. The maximum absolute atomic E-state index is 4.73. The first-order chi connectivity index (χ1) is 42.6. The number of pyridine rings is 4. The molecule has 0 amide bonds. The molecule has 11 aromatic rings. The Labute approximate surface area is 546 Å². The first kappa shape index (κ1) is 62.3. The monoisotopic (exact) mass is 1490 g/mol. The van der Waals surface area contributed by atoms with E-state index >= 15 is 0 Å². The van der Waals surface area contributed by atoms with Crippen LogP contribution >= 0.6 is 0 Å². The molecule has 0 spiro atoms. The number of aromatic nitrogens is 6. The second-order valence-corrected chi connectivity index (χ2v) is 22.1. The van der Waals surface area contributed by atoms with Crippen molar-refractivity contribution in [2.75, 3.05) is 0 Å². The SMILES string of the molecule is [Ir+3].[Ir+3].[c-]1ccc[c-]c1-c1ncc(-c2ccccc2C2CC(/C=C\c3ccc(-c4[c-]cccc4)nc3)CC(/C=C\c3ccc(-c4[c-]cccc4)nc3)C2)cn1.[c-]1ccccc1-c1ccc(/C=C\C2CCCC(/C=C\c3ccc(-c4[c-]cccc4)nc3)C2)cn1. The minimum Gasteiger partial charge on any atom is -0.332 e. The molecule has 0 aliphatic heterocycles. The van der Waals surface area contributed by atoms with Crippen LogP contribution in [0.25, 0.3) is 91.8 Å². The summed E-state index contributed by atoms with van der Waals surface area (Å²) in [4.78, 5) is 28.1. The van der Waals surface area contributed by atoms with Crippen molar-refractivity contribution in [2.45, 2.75) is 50.9 Å². The molecule has 88 heavy (non-hydrogen) atoms. The molecule has 2 saturated carbocycles. The Morgan fingerprint density at radius 3 is 1.07 bits per heavy atom. The van der Waals surface area contributed by atoms with Gasteiger partial charge in [-0.2, -0.15) is 0 Å². The van der Waals surface area contributed by atoms with Gasteiger partial charge >= 0.3 is 40.2 Å². The maximum Gasteiger partial charge on any atom is 3.00 e. The smallest absolute Gasteiger partial charge is 0.332 e. The maximum atomic E-state index is 4.73. The van der Waals surface area contributed by atoms with Gasteiger partial charge in [0.15, 0.2) is 0 Å². The van der Waals surface area contributed by atoms with Gasteiger partial charge in [0.25, 0.3) is 0 Å². The van der Waals surface area contributed by atoms with Crippen LogP contribution in [0.3, 0.4) is 0 Å². The normalized spacial score (nSPS) is 17.4. The van der Waals surface area contributed by atoms with E-state index in [1.807, 2.05) is 152 Å². The fraction of sp³-hybridized carbons (Fsp3) is 0.150. The van der Waals surface area contributed by atoms with Crippen LogP contribution in [0, 0.1) is 60.1 Å². The summed E-state index contributed by atoms with van der Waals surface area (Å²) in [5.74, 6) is 2.98. The van der Waals surface area contributed by atoms with E-state index in [9.17, 15) is 0 Å². The summed E-state index contributed by atoms with van der Waals surface area (Å²) in [7, 11) is 0. The van der Waals surface area contributed by atoms with E-state index in [0.717, 1.165) is 97.7 Å². The summed E-state index contributed by atoms with van der Waals surface area (Å²) in [6.07, 6.45) is 38.3. The van der Waals surface area contributed by atoms with Crippen LogP contribution in [-0.2, 0) is 40.2 Å². The zero-order chi connectivity index (χ0) is 58.0. The van der Waals surface area contributed by atoms with Gasteiger partial charge < -0.3 is 29.9 Å². The number of hydrogen-bond acceptors (Lipinski definition) is 6. The summed E-state index contributed by atoms with van der Waals surface area (Å²) < 4.78 is 0. The Balaban J connectivity index is 0.000000207. The third-order valence-electron chi connectivity index (χ3n) is 16.1. The van der Waals surface area contributed by atoms with Crippen LogP contribution in [0.1, 0.15) is 78.7 Å². The van der Waals surface area contributed by atoms with Crippen molar-refractivity contribution in [3.63, 3.8) is 0 Å². The van der Waals surface area contributed by atoms with Crippen molar-refractivity contribution < 1.29 is 40.2 Å². The molecule has 4 unspecified atom stereocenters. The van der Waals surface area contributed by atoms with Gasteiger partial charge in [-0.25, -0.2) is 23.8 Å². The van der Waals surface area contributed by atoms with Gasteiger partial charge in [0.05, 0.1) is 0 Å². The minimum absolute atomic E-state index is 0. The van der Waals surface area contributed by atoms with Gasteiger partial charge in [-0.15, -0.1) is 144 Å². The Morgan fingerprint density at radius 1 is 0.330 bits per heavy atom. The third-order valence-corrected chi connectivity index (χ3v) is 16.1. The standard InChI is InChI=1S/C48H36N4.C32H28N2.2Ir/c1-4-12-39(13-5-1)46-26-24-35(31-49-46)20-22-37-28-38(23-21-36-25-27-47(50-32-36)40-14-6-2-7-15-40)30-42(29-37)44-18-10-11-19-45(44)43-33-51-48(52-34-43)41-16-8-3-9-17-41;1-3-10-29(11-4-1)31-20-18-27(23-33-31)16-14-25-8-7-9-26(22-25)15-17-28-19-21-32(34-24-28)30-12-5-2-6-13-30;;/h1-12,14,18-27,31-34,37-38,42H,28-30H2;1-6,10,12,14-21,23-26H,7-9,22H2;;/q-4;-2;2*+3/b22-20-,23-21-;16-14-,17-15-;;. The summed E-state index contributed by atoms with van der Waals surface area (Å²) in [5.41, 5.74) is 16.7. The molecular formula is C80H64Ir2N6. The van der Waals surface area contributed by atoms with Gasteiger partial charge in [0.2, 0.25) is 0 Å². The topological polar surface area (TPSA) is 77.3 Å². The van der Waals surface area contributed by atoms with Crippen LogP contribution in [-0.4, -0.2) is 29.9 Å². The van der Waals surface area contributed by atoms with E-state index in [-0.39, 0.29) is 40.2 Å². The van der Waals surface area contributed by atoms with Gasteiger partial charge in [-0.05, 0) is 130 Å². The fourth-order valence-electron chi connectivity index (χ4n) is 11.6. The minimum atomic E-state index is 0. The van der Waals surface area contributed by atoms with E-state index in [2.05, 4.69) is 168 Å². The van der Waals surface area contributed by atoms with Crippen molar-refractivity contribution in [3.8, 4) is 67.5 Å². The molecule has 6 aromatic carbocycles. The Hall–Kier alpha value is -8.74. The van der Waals surface area contributed by atoms with Crippen molar-refractivity contribution >= 4 is 24.3 Å². The van der Waals surface area contributed by atoms with E-state index in [1.54, 1.807) is 0 Å². The molecule has 432 valence electrons. The summed E-state index contributed by atoms with van der Waals surface area (Å²) in [6, 6.07) is 82.5. The second-order valence-electron chi connectivity index (χ2n) is 22.1. The Bertz CT molecular complexity index is 3790. The molecule has 4 atom stereocenters. The van der Waals surface area contributed by atoms with E-state index in [0.29, 0.717) is 35.4 Å². The van der Waals surface area contributed by atoms with E-state index in [1.165, 1.54) is 36.8 Å². The van der Waals surface area contributed by atoms with Crippen molar-refractivity contribution in [2.24, 2.45) is 23.7 Å². The zero-order valence-corrected chi connectivity index (χ0v) is 53.5. The average molecular weight is 1490 g/mol. The average Bonchev–Trinajstić information content (AvgIpc) is 2.59. The molecule has 2 aliphatic rings. The van der Waals surface area contributed by atoms with Gasteiger partial charge in [-0.3, -0.25) is 12.1 Å². The van der Waals surface area contributed by atoms with Gasteiger partial charge in [0, 0.05) is 42.7 Å². The molecule has 0 radical (unpaired) electrons. The van der Waals surface area contributed by atoms with Crippen molar-refractivity contribution in [1.29, 1.82) is 0 Å². The Morgan fingerprint density at radius 2 is 0.693 bits per heavy atom. The third kappa shape index (κ3) is 17.1. The van der Waals surface area contributed by atoms with Crippen LogP contribution in [0.4, 0.5) is 0 Å². The molecule has 0 N–H and O–H groups in total. The van der Waals surface area contributed by atoms with Gasteiger partial charge in [-0.1, -0.05) is 128 Å². The zero-order valence-electron chi connectivity index (χ0n) is 48.7. The molecule has 6 nitrogen and oxygen atoms in total. The largest absolute Gasteiger partial charge is 3.00 e. The predicted molar refractivity (Wildman–Crippen MR) is 350 cm³/mol. The van der Waals surface area contributed by atoms with Crippen LogP contribution in [0.5, 0.6) is 0 Å². The number of benzene rings is 6.